The molecule has 0 saturated carbocycles. The van der Waals surface area contributed by atoms with Crippen LogP contribution in [-0.4, -0.2) is 23.0 Å². The van der Waals surface area contributed by atoms with E-state index in [9.17, 15) is 0 Å². The van der Waals surface area contributed by atoms with E-state index in [-0.39, 0.29) is 0 Å². The molecule has 0 fully saturated rings. The minimum absolute atomic E-state index is 0.375. The second-order valence-electron chi connectivity index (χ2n) is 13.0. The summed E-state index contributed by atoms with van der Waals surface area (Å²) in [5.41, 5.74) is 0. The second kappa shape index (κ2) is 7.28. The van der Waals surface area contributed by atoms with Crippen LogP contribution in [0.3, 0.4) is 0 Å². The summed E-state index contributed by atoms with van der Waals surface area (Å²) < 4.78 is 0. The molecule has 0 saturated heterocycles. The third kappa shape index (κ3) is 4.11. The molecule has 0 amide bonds. The average Bonchev–Trinajstić information content (AvgIpc) is 2.43. The van der Waals surface area contributed by atoms with Gasteiger partial charge in [0.15, 0.2) is 0 Å². The maximum atomic E-state index is 2.77. The van der Waals surface area contributed by atoms with Gasteiger partial charge in [-0.05, 0) is 0 Å². The molecule has 0 aliphatic rings. The zero-order chi connectivity index (χ0) is 21.7. The van der Waals surface area contributed by atoms with Crippen molar-refractivity contribution in [1.29, 1.82) is 0 Å². The van der Waals surface area contributed by atoms with Crippen LogP contribution in [0.1, 0.15) is 83.1 Å². The molecule has 3 heteroatoms. The van der Waals surface area contributed by atoms with Crippen molar-refractivity contribution in [1.82, 2.24) is 0 Å². The first-order chi connectivity index (χ1) is 11.7. The number of rotatable bonds is 3. The van der Waals surface area contributed by atoms with Gasteiger partial charge in [0.1, 0.15) is 0 Å². The summed E-state index contributed by atoms with van der Waals surface area (Å²) in [7, 11) is -4.18. The molecule has 0 unspecified atom stereocenters. The molecule has 0 atom stereocenters. The highest BCUT2D eigenvalue weighted by Crippen LogP contribution is 2.60. The van der Waals surface area contributed by atoms with Gasteiger partial charge in [0.2, 0.25) is 0 Å². The van der Waals surface area contributed by atoms with Gasteiger partial charge in [-0.15, -0.1) is 0 Å². The minimum Gasteiger partial charge on any atom is -0.277 e. The van der Waals surface area contributed by atoms with E-state index in [4.69, 9.17) is 0 Å². The fourth-order valence-corrected chi connectivity index (χ4v) is 54.6. The van der Waals surface area contributed by atoms with Crippen molar-refractivity contribution in [2.24, 2.45) is 0 Å². The van der Waals surface area contributed by atoms with Crippen molar-refractivity contribution in [2.45, 2.75) is 116 Å². The van der Waals surface area contributed by atoms with Gasteiger partial charge < -0.3 is 0 Å². The molecule has 0 aromatic heterocycles. The van der Waals surface area contributed by atoms with Crippen molar-refractivity contribution in [3.63, 3.8) is 0 Å². The van der Waals surface area contributed by atoms with E-state index in [1.807, 2.05) is 0 Å². The lowest BCUT2D eigenvalue weighted by molar-refractivity contribution is 0.626. The van der Waals surface area contributed by atoms with Crippen molar-refractivity contribution < 1.29 is 0 Å². The van der Waals surface area contributed by atoms with E-state index in [0.29, 0.717) is 20.2 Å². The highest BCUT2D eigenvalue weighted by atomic mass is 29.6. The Hall–Kier alpha value is -0.129. The summed E-state index contributed by atoms with van der Waals surface area (Å²) >= 11 is 0. The Balaban J connectivity index is 4.10. The Morgan fingerprint density at radius 2 is 0.778 bits per heavy atom. The number of benzene rings is 1. The van der Waals surface area contributed by atoms with Crippen LogP contribution >= 0.6 is 0 Å². The highest BCUT2D eigenvalue weighted by molar-refractivity contribution is 7.66. The summed E-state index contributed by atoms with van der Waals surface area (Å²) in [6.45, 7) is 36.2. The monoisotopic (exact) mass is 419 g/mol. The third-order valence-electron chi connectivity index (χ3n) is 8.06. The molecule has 0 nitrogen and oxygen atoms in total. The quantitative estimate of drug-likeness (QED) is 0.437. The van der Waals surface area contributed by atoms with Crippen LogP contribution in [-0.2, 0) is 0 Å². The van der Waals surface area contributed by atoms with Crippen LogP contribution in [0.15, 0.2) is 30.3 Å². The molecular weight excluding hydrogens is 373 g/mol. The molecule has 0 aliphatic heterocycles. The first-order valence-electron chi connectivity index (χ1n) is 10.7. The fraction of sp³-hybridized carbons (Fsp3) is 0.750. The van der Waals surface area contributed by atoms with E-state index >= 15 is 0 Å². The van der Waals surface area contributed by atoms with Crippen molar-refractivity contribution in [3.05, 3.63) is 30.3 Å². The smallest absolute Gasteiger partial charge is 0.0625 e. The molecule has 1 rings (SSSR count). The molecule has 1 aromatic carbocycles. The lowest BCUT2D eigenvalue weighted by Crippen LogP contribution is -2.80. The Kier molecular flexibility index (Phi) is 6.72. The third-order valence-corrected chi connectivity index (χ3v) is 48.7. The molecular formula is C24H47Si3-. The number of hydrogen-bond donors (Lipinski definition) is 0. The molecule has 0 radical (unpaired) electrons. The molecule has 0 heterocycles. The van der Waals surface area contributed by atoms with Gasteiger partial charge in [-0.3, -0.25) is 7.83 Å². The van der Waals surface area contributed by atoms with Crippen LogP contribution in [0.25, 0.3) is 0 Å². The van der Waals surface area contributed by atoms with Crippen LogP contribution in [0, 0.1) is 0 Å². The molecule has 27 heavy (non-hydrogen) atoms. The zero-order valence-electron chi connectivity index (χ0n) is 20.9. The largest absolute Gasteiger partial charge is 0.277 e. The highest BCUT2D eigenvalue weighted by Gasteiger charge is 2.55. The van der Waals surface area contributed by atoms with Crippen LogP contribution in [0.5, 0.6) is 0 Å². The van der Waals surface area contributed by atoms with E-state index < -0.39 is 23.0 Å². The summed E-state index contributed by atoms with van der Waals surface area (Å²) in [5.74, 6) is 0. The van der Waals surface area contributed by atoms with Gasteiger partial charge >= 0.3 is 0 Å². The van der Waals surface area contributed by atoms with E-state index in [2.05, 4.69) is 127 Å². The predicted octanol–water partition coefficient (Wildman–Crippen LogP) is 7.90. The van der Waals surface area contributed by atoms with Gasteiger partial charge in [0.25, 0.3) is 0 Å². The Morgan fingerprint density at radius 1 is 0.519 bits per heavy atom. The zero-order valence-corrected chi connectivity index (χ0v) is 23.9. The second-order valence-corrected chi connectivity index (χ2v) is 35.3. The standard InChI is InChI=1S/C24H47Si3/c1-21(2,3)26(13,22(4,5)6)25(20-18-16-15-17-19-20)27(14,23(7,8)9)24(10,11)12/h15-19H,1-14H3/q-1. The summed E-state index contributed by atoms with van der Waals surface area (Å²) in [4.78, 5) is 0. The summed E-state index contributed by atoms with van der Waals surface area (Å²) in [6.07, 6.45) is 0. The average molecular weight is 420 g/mol. The van der Waals surface area contributed by atoms with Gasteiger partial charge in [0, 0.05) is 0 Å². The minimum atomic E-state index is -1.71. The Bertz CT molecular complexity index is 553. The van der Waals surface area contributed by atoms with Crippen LogP contribution in [0.4, 0.5) is 0 Å². The molecule has 0 aliphatic carbocycles. The molecule has 0 spiro atoms. The van der Waals surface area contributed by atoms with Gasteiger partial charge in [-0.25, -0.2) is 5.19 Å². The molecule has 1 aromatic rings. The lowest BCUT2D eigenvalue weighted by atomic mass is 10.2. The van der Waals surface area contributed by atoms with Crippen LogP contribution < -0.4 is 5.19 Å². The predicted molar refractivity (Wildman–Crippen MR) is 134 cm³/mol. The van der Waals surface area contributed by atoms with Crippen molar-refractivity contribution in [2.75, 3.05) is 0 Å². The Morgan fingerprint density at radius 3 is 1.00 bits per heavy atom. The van der Waals surface area contributed by atoms with Gasteiger partial charge in [-0.1, -0.05) is 162 Å². The van der Waals surface area contributed by atoms with Crippen molar-refractivity contribution in [3.8, 4) is 0 Å². The van der Waals surface area contributed by atoms with E-state index in [1.165, 1.54) is 0 Å². The van der Waals surface area contributed by atoms with Crippen LogP contribution in [0.2, 0.25) is 33.2 Å². The molecule has 0 bridgehead atoms. The molecule has 156 valence electrons. The van der Waals surface area contributed by atoms with Gasteiger partial charge in [0.05, 0.1) is 0 Å². The normalized spacial score (nSPS) is 15.0. The number of hydrogen-bond acceptors (Lipinski definition) is 0. The topological polar surface area (TPSA) is 0 Å². The van der Waals surface area contributed by atoms with Gasteiger partial charge in [-0.2, -0.15) is 0 Å². The SMILES string of the molecule is CC(C)(C)[Si](C)([Si-](c1ccccc1)[Si](C)(C(C)(C)C)C(C)(C)C)C(C)(C)C. The fourth-order valence-electron chi connectivity index (χ4n) is 5.43. The van der Waals surface area contributed by atoms with E-state index in [1.54, 1.807) is 5.19 Å². The first kappa shape index (κ1) is 24.9. The summed E-state index contributed by atoms with van der Waals surface area (Å²) in [6, 6.07) is 11.8. The maximum absolute atomic E-state index is 2.77. The van der Waals surface area contributed by atoms with Crippen molar-refractivity contribution >= 4 is 28.2 Å². The Labute approximate surface area is 174 Å². The lowest BCUT2D eigenvalue weighted by Gasteiger charge is -2.75. The summed E-state index contributed by atoms with van der Waals surface area (Å²) in [5, 5.41) is 3.21. The molecule has 0 N–H and O–H groups in total. The first-order valence-corrected chi connectivity index (χ1v) is 19.2. The van der Waals surface area contributed by atoms with E-state index in [0.717, 1.165) is 0 Å². The maximum Gasteiger partial charge on any atom is -0.0625 e.